The summed E-state index contributed by atoms with van der Waals surface area (Å²) in [7, 11) is 1.72. The van der Waals surface area contributed by atoms with Crippen LogP contribution in [0.4, 0.5) is 5.69 Å². The number of hydrogen-bond acceptors (Lipinski definition) is 3. The highest BCUT2D eigenvalue weighted by molar-refractivity contribution is 5.51. The molecule has 0 N–H and O–H groups in total. The first-order valence-electron chi connectivity index (χ1n) is 8.18. The van der Waals surface area contributed by atoms with Gasteiger partial charge in [0.05, 0.1) is 7.11 Å². The standard InChI is InChI=1S/C20H24N2O/c1-23-20-11-5-10-19(17-20)22-15-13-21(14-16-22)12-6-9-18-7-3-2-4-8-18/h2-11,17H,12-16H2,1H3/b9-6+. The van der Waals surface area contributed by atoms with E-state index < -0.39 is 0 Å². The summed E-state index contributed by atoms with van der Waals surface area (Å²) in [5.41, 5.74) is 2.52. The van der Waals surface area contributed by atoms with Crippen LogP contribution in [0.3, 0.4) is 0 Å². The molecule has 23 heavy (non-hydrogen) atoms. The summed E-state index contributed by atoms with van der Waals surface area (Å²) in [6, 6.07) is 18.8. The lowest BCUT2D eigenvalue weighted by atomic mass is 10.2. The summed E-state index contributed by atoms with van der Waals surface area (Å²) < 4.78 is 5.32. The van der Waals surface area contributed by atoms with E-state index in [0.717, 1.165) is 38.5 Å². The molecule has 1 heterocycles. The molecular weight excluding hydrogens is 284 g/mol. The number of benzene rings is 2. The van der Waals surface area contributed by atoms with Gasteiger partial charge in [0.2, 0.25) is 0 Å². The molecule has 0 atom stereocenters. The molecule has 0 amide bonds. The lowest BCUT2D eigenvalue weighted by Crippen LogP contribution is -2.46. The van der Waals surface area contributed by atoms with Gasteiger partial charge in [-0.15, -0.1) is 0 Å². The van der Waals surface area contributed by atoms with E-state index in [2.05, 4.69) is 70.5 Å². The van der Waals surface area contributed by atoms with Crippen LogP contribution in [-0.4, -0.2) is 44.7 Å². The predicted octanol–water partition coefficient (Wildman–Crippen LogP) is 3.53. The van der Waals surface area contributed by atoms with Crippen molar-refractivity contribution in [3.8, 4) is 5.75 Å². The predicted molar refractivity (Wildman–Crippen MR) is 97.1 cm³/mol. The molecule has 0 aliphatic carbocycles. The van der Waals surface area contributed by atoms with Crippen LogP contribution in [0.2, 0.25) is 0 Å². The summed E-state index contributed by atoms with van der Waals surface area (Å²) >= 11 is 0. The van der Waals surface area contributed by atoms with Crippen molar-refractivity contribution in [3.05, 3.63) is 66.2 Å². The van der Waals surface area contributed by atoms with Crippen molar-refractivity contribution >= 4 is 11.8 Å². The Balaban J connectivity index is 1.49. The summed E-state index contributed by atoms with van der Waals surface area (Å²) in [5, 5.41) is 0. The number of anilines is 1. The van der Waals surface area contributed by atoms with Crippen LogP contribution in [-0.2, 0) is 0 Å². The Bertz CT molecular complexity index is 631. The molecule has 1 fully saturated rings. The minimum absolute atomic E-state index is 0.927. The molecule has 0 aromatic heterocycles. The fourth-order valence-corrected chi connectivity index (χ4v) is 2.90. The number of hydrogen-bond donors (Lipinski definition) is 0. The quantitative estimate of drug-likeness (QED) is 0.840. The van der Waals surface area contributed by atoms with E-state index in [1.54, 1.807) is 7.11 Å². The van der Waals surface area contributed by atoms with E-state index >= 15 is 0 Å². The Labute approximate surface area is 138 Å². The Morgan fingerprint density at radius 3 is 2.48 bits per heavy atom. The van der Waals surface area contributed by atoms with Gasteiger partial charge in [-0.3, -0.25) is 4.90 Å². The Morgan fingerprint density at radius 2 is 1.74 bits per heavy atom. The zero-order chi connectivity index (χ0) is 15.9. The third kappa shape index (κ3) is 4.36. The lowest BCUT2D eigenvalue weighted by Gasteiger charge is -2.35. The van der Waals surface area contributed by atoms with Crippen LogP contribution in [0.1, 0.15) is 5.56 Å². The number of piperazine rings is 1. The van der Waals surface area contributed by atoms with E-state index in [1.165, 1.54) is 11.3 Å². The molecule has 3 rings (SSSR count). The Morgan fingerprint density at radius 1 is 0.957 bits per heavy atom. The lowest BCUT2D eigenvalue weighted by molar-refractivity contribution is 0.284. The minimum atomic E-state index is 0.927. The summed E-state index contributed by atoms with van der Waals surface area (Å²) in [4.78, 5) is 4.93. The maximum absolute atomic E-state index is 5.32. The SMILES string of the molecule is COc1cccc(N2CCN(C/C=C/c3ccccc3)CC2)c1. The van der Waals surface area contributed by atoms with Crippen LogP contribution in [0.5, 0.6) is 5.75 Å². The van der Waals surface area contributed by atoms with E-state index in [9.17, 15) is 0 Å². The van der Waals surface area contributed by atoms with E-state index in [0.29, 0.717) is 0 Å². The molecule has 0 spiro atoms. The molecule has 0 unspecified atom stereocenters. The molecule has 1 aliphatic heterocycles. The van der Waals surface area contributed by atoms with E-state index in [4.69, 9.17) is 4.74 Å². The fraction of sp³-hybridized carbons (Fsp3) is 0.300. The monoisotopic (exact) mass is 308 g/mol. The Kier molecular flexibility index (Phi) is 5.33. The van der Waals surface area contributed by atoms with Gasteiger partial charge in [0, 0.05) is 44.5 Å². The van der Waals surface area contributed by atoms with Crippen LogP contribution in [0, 0.1) is 0 Å². The van der Waals surface area contributed by atoms with Gasteiger partial charge in [-0.2, -0.15) is 0 Å². The van der Waals surface area contributed by atoms with E-state index in [-0.39, 0.29) is 0 Å². The van der Waals surface area contributed by atoms with Crippen molar-refractivity contribution in [3.63, 3.8) is 0 Å². The van der Waals surface area contributed by atoms with Crippen LogP contribution in [0.15, 0.2) is 60.7 Å². The second kappa shape index (κ2) is 7.84. The van der Waals surface area contributed by atoms with Gasteiger partial charge in [0.25, 0.3) is 0 Å². The van der Waals surface area contributed by atoms with Gasteiger partial charge in [-0.1, -0.05) is 48.6 Å². The van der Waals surface area contributed by atoms with Crippen molar-refractivity contribution in [2.45, 2.75) is 0 Å². The average Bonchev–Trinajstić information content (AvgIpc) is 2.63. The number of rotatable bonds is 5. The molecule has 0 radical (unpaired) electrons. The maximum Gasteiger partial charge on any atom is 0.120 e. The van der Waals surface area contributed by atoms with Gasteiger partial charge in [0.1, 0.15) is 5.75 Å². The largest absolute Gasteiger partial charge is 0.497 e. The number of ether oxygens (including phenoxy) is 1. The van der Waals surface area contributed by atoms with Gasteiger partial charge >= 0.3 is 0 Å². The second-order valence-corrected chi connectivity index (χ2v) is 5.80. The zero-order valence-corrected chi connectivity index (χ0v) is 13.7. The second-order valence-electron chi connectivity index (χ2n) is 5.80. The summed E-state index contributed by atoms with van der Waals surface area (Å²) in [6.45, 7) is 5.33. The number of nitrogens with zero attached hydrogens (tertiary/aromatic N) is 2. The Hall–Kier alpha value is -2.26. The molecule has 3 heteroatoms. The smallest absolute Gasteiger partial charge is 0.120 e. The first-order valence-corrected chi connectivity index (χ1v) is 8.18. The highest BCUT2D eigenvalue weighted by Crippen LogP contribution is 2.22. The molecule has 0 saturated carbocycles. The molecule has 0 bridgehead atoms. The van der Waals surface area contributed by atoms with Crippen molar-refractivity contribution in [1.82, 2.24) is 4.90 Å². The third-order valence-corrected chi connectivity index (χ3v) is 4.26. The molecule has 3 nitrogen and oxygen atoms in total. The minimum Gasteiger partial charge on any atom is -0.497 e. The molecule has 1 aliphatic rings. The first kappa shape index (κ1) is 15.6. The topological polar surface area (TPSA) is 15.7 Å². The van der Waals surface area contributed by atoms with Gasteiger partial charge < -0.3 is 9.64 Å². The molecular formula is C20H24N2O. The van der Waals surface area contributed by atoms with Gasteiger partial charge in [-0.25, -0.2) is 0 Å². The van der Waals surface area contributed by atoms with E-state index in [1.807, 2.05) is 6.07 Å². The molecule has 2 aromatic carbocycles. The van der Waals surface area contributed by atoms with Crippen molar-refractivity contribution in [2.24, 2.45) is 0 Å². The zero-order valence-electron chi connectivity index (χ0n) is 13.7. The normalized spacial score (nSPS) is 16.0. The van der Waals surface area contributed by atoms with Gasteiger partial charge in [-0.05, 0) is 17.7 Å². The fourth-order valence-electron chi connectivity index (χ4n) is 2.90. The van der Waals surface area contributed by atoms with Crippen molar-refractivity contribution in [1.29, 1.82) is 0 Å². The van der Waals surface area contributed by atoms with Crippen molar-refractivity contribution in [2.75, 3.05) is 44.7 Å². The summed E-state index contributed by atoms with van der Waals surface area (Å²) in [5.74, 6) is 0.927. The highest BCUT2D eigenvalue weighted by Gasteiger charge is 2.16. The van der Waals surface area contributed by atoms with Crippen LogP contribution >= 0.6 is 0 Å². The molecule has 120 valence electrons. The molecule has 1 saturated heterocycles. The van der Waals surface area contributed by atoms with Gasteiger partial charge in [0.15, 0.2) is 0 Å². The number of methoxy groups -OCH3 is 1. The summed E-state index contributed by atoms with van der Waals surface area (Å²) in [6.07, 6.45) is 4.46. The van der Waals surface area contributed by atoms with Crippen molar-refractivity contribution < 1.29 is 4.74 Å². The molecule has 2 aromatic rings. The third-order valence-electron chi connectivity index (χ3n) is 4.26. The highest BCUT2D eigenvalue weighted by atomic mass is 16.5. The maximum atomic E-state index is 5.32. The first-order chi connectivity index (χ1) is 11.3. The van der Waals surface area contributed by atoms with Crippen LogP contribution in [0.25, 0.3) is 6.08 Å². The average molecular weight is 308 g/mol. The van der Waals surface area contributed by atoms with Crippen LogP contribution < -0.4 is 9.64 Å².